The summed E-state index contributed by atoms with van der Waals surface area (Å²) in [7, 11) is 0. The highest BCUT2D eigenvalue weighted by Crippen LogP contribution is 2.34. The molecule has 3 aromatic heterocycles. The van der Waals surface area contributed by atoms with E-state index in [9.17, 15) is 0 Å². The first kappa shape index (κ1) is 21.7. The number of aromatic nitrogens is 5. The minimum atomic E-state index is 0.291. The lowest BCUT2D eigenvalue weighted by Gasteiger charge is -2.26. The molecule has 172 valence electrons. The van der Waals surface area contributed by atoms with Crippen LogP contribution in [0.1, 0.15) is 29.1 Å². The van der Waals surface area contributed by atoms with Crippen LogP contribution in [0.2, 0.25) is 0 Å². The number of hydrogen-bond donors (Lipinski definition) is 2. The highest BCUT2D eigenvalue weighted by atomic mass is 16.5. The van der Waals surface area contributed by atoms with Gasteiger partial charge in [-0.1, -0.05) is 6.08 Å². The molecule has 0 atom stereocenters. The van der Waals surface area contributed by atoms with Gasteiger partial charge in [-0.05, 0) is 31.5 Å². The summed E-state index contributed by atoms with van der Waals surface area (Å²) in [6.07, 6.45) is 10.5. The maximum Gasteiger partial charge on any atom is 0.220 e. The number of pyridine rings is 1. The van der Waals surface area contributed by atoms with Gasteiger partial charge in [0, 0.05) is 66.4 Å². The summed E-state index contributed by atoms with van der Waals surface area (Å²) in [5.74, 6) is 0.291. The van der Waals surface area contributed by atoms with E-state index in [4.69, 9.17) is 21.2 Å². The van der Waals surface area contributed by atoms with Crippen molar-refractivity contribution >= 4 is 11.5 Å². The summed E-state index contributed by atoms with van der Waals surface area (Å²) in [5.41, 5.74) is 18.7. The number of morpholine rings is 1. The van der Waals surface area contributed by atoms with Crippen molar-refractivity contribution < 1.29 is 4.74 Å². The Morgan fingerprint density at radius 2 is 1.91 bits per heavy atom. The number of allylic oxidation sites excluding steroid dienone is 1. The van der Waals surface area contributed by atoms with Crippen LogP contribution in [0.15, 0.2) is 36.8 Å². The molecule has 5 rings (SSSR count). The molecule has 1 saturated heterocycles. The van der Waals surface area contributed by atoms with Gasteiger partial charge in [0.2, 0.25) is 5.95 Å². The van der Waals surface area contributed by atoms with Crippen molar-refractivity contribution in [1.82, 2.24) is 29.6 Å². The summed E-state index contributed by atoms with van der Waals surface area (Å²) in [6.45, 7) is 6.05. The van der Waals surface area contributed by atoms with Gasteiger partial charge < -0.3 is 16.2 Å². The van der Waals surface area contributed by atoms with Gasteiger partial charge in [-0.25, -0.2) is 9.97 Å². The molecule has 33 heavy (non-hydrogen) atoms. The van der Waals surface area contributed by atoms with Crippen LogP contribution in [0.5, 0.6) is 0 Å². The highest BCUT2D eigenvalue weighted by Gasteiger charge is 2.20. The van der Waals surface area contributed by atoms with Crippen molar-refractivity contribution in [3.8, 4) is 11.1 Å². The third-order valence-electron chi connectivity index (χ3n) is 6.19. The lowest BCUT2D eigenvalue weighted by molar-refractivity contribution is 0.0360. The molecule has 4 heterocycles. The monoisotopic (exact) mass is 446 g/mol. The van der Waals surface area contributed by atoms with E-state index in [2.05, 4.69) is 38.3 Å². The maximum atomic E-state index is 6.01. The molecule has 0 radical (unpaired) electrons. The summed E-state index contributed by atoms with van der Waals surface area (Å²) in [5, 5.41) is 4.57. The topological polar surface area (TPSA) is 121 Å². The van der Waals surface area contributed by atoms with Crippen molar-refractivity contribution in [2.75, 3.05) is 45.1 Å². The van der Waals surface area contributed by atoms with Gasteiger partial charge in [-0.3, -0.25) is 14.6 Å². The zero-order chi connectivity index (χ0) is 22.6. The molecule has 0 spiro atoms. The summed E-state index contributed by atoms with van der Waals surface area (Å²) in [4.78, 5) is 16.0. The lowest BCUT2D eigenvalue weighted by Crippen LogP contribution is -2.38. The van der Waals surface area contributed by atoms with Crippen LogP contribution in [0.3, 0.4) is 0 Å². The molecule has 1 aliphatic heterocycles. The molecule has 0 bridgehead atoms. The third kappa shape index (κ3) is 4.95. The van der Waals surface area contributed by atoms with Gasteiger partial charge in [0.05, 0.1) is 37.3 Å². The van der Waals surface area contributed by atoms with E-state index in [-0.39, 0.29) is 0 Å². The van der Waals surface area contributed by atoms with Gasteiger partial charge in [0.1, 0.15) is 0 Å². The predicted molar refractivity (Wildman–Crippen MR) is 127 cm³/mol. The van der Waals surface area contributed by atoms with E-state index in [0.29, 0.717) is 12.5 Å². The first-order valence-electron chi connectivity index (χ1n) is 11.6. The molecule has 1 fully saturated rings. The first-order chi connectivity index (χ1) is 16.2. The Kier molecular flexibility index (Phi) is 6.43. The number of nitrogens with two attached hydrogens (primary N) is 2. The zero-order valence-corrected chi connectivity index (χ0v) is 18.8. The number of fused-ring (bicyclic) bond motifs is 1. The Morgan fingerprint density at radius 1 is 1.03 bits per heavy atom. The quantitative estimate of drug-likeness (QED) is 0.534. The van der Waals surface area contributed by atoms with Crippen LogP contribution in [-0.4, -0.2) is 69.0 Å². The third-order valence-corrected chi connectivity index (χ3v) is 6.19. The molecular formula is C24H30N8O. The first-order valence-corrected chi connectivity index (χ1v) is 11.6. The molecule has 2 aliphatic rings. The molecular weight excluding hydrogens is 416 g/mol. The second-order valence-electron chi connectivity index (χ2n) is 8.48. The van der Waals surface area contributed by atoms with Gasteiger partial charge in [0.15, 0.2) is 0 Å². The number of aryl methyl sites for hydroxylation is 1. The van der Waals surface area contributed by atoms with Gasteiger partial charge in [0.25, 0.3) is 0 Å². The smallest absolute Gasteiger partial charge is 0.220 e. The summed E-state index contributed by atoms with van der Waals surface area (Å²) in [6, 6.07) is 4.20. The van der Waals surface area contributed by atoms with Crippen LogP contribution < -0.4 is 11.5 Å². The standard InChI is InChI=1S/C24H30N8O/c25-5-1-2-19-13-23(30-24(26)29-19)20-3-4-22-21(20)12-17(14-27-22)18-15-28-32(16-18)7-6-31-8-10-33-11-9-31/h3,12-16H,1-2,4-11,25H2,(H2,26,29,30). The van der Waals surface area contributed by atoms with E-state index in [1.807, 2.05) is 23.1 Å². The summed E-state index contributed by atoms with van der Waals surface area (Å²) < 4.78 is 7.43. The van der Waals surface area contributed by atoms with Crippen LogP contribution in [0.4, 0.5) is 5.95 Å². The Morgan fingerprint density at radius 3 is 2.76 bits per heavy atom. The predicted octanol–water partition coefficient (Wildman–Crippen LogP) is 1.53. The molecule has 0 aromatic carbocycles. The largest absolute Gasteiger partial charge is 0.379 e. The number of hydrogen-bond acceptors (Lipinski definition) is 8. The minimum absolute atomic E-state index is 0.291. The second kappa shape index (κ2) is 9.78. The molecule has 3 aromatic rings. The summed E-state index contributed by atoms with van der Waals surface area (Å²) >= 11 is 0. The molecule has 9 nitrogen and oxygen atoms in total. The Hall–Kier alpha value is -3.14. The van der Waals surface area contributed by atoms with E-state index in [0.717, 1.165) is 98.0 Å². The zero-order valence-electron chi connectivity index (χ0n) is 18.8. The van der Waals surface area contributed by atoms with E-state index >= 15 is 0 Å². The molecule has 1 aliphatic carbocycles. The maximum absolute atomic E-state index is 6.01. The van der Waals surface area contributed by atoms with E-state index in [1.54, 1.807) is 0 Å². The van der Waals surface area contributed by atoms with Gasteiger partial charge in [-0.2, -0.15) is 5.10 Å². The number of anilines is 1. The fraction of sp³-hybridized carbons (Fsp3) is 0.417. The van der Waals surface area contributed by atoms with E-state index < -0.39 is 0 Å². The van der Waals surface area contributed by atoms with Gasteiger partial charge in [-0.15, -0.1) is 0 Å². The molecule has 9 heteroatoms. The van der Waals surface area contributed by atoms with Crippen LogP contribution in [-0.2, 0) is 24.1 Å². The number of ether oxygens (including phenoxy) is 1. The molecule has 0 unspecified atom stereocenters. The average Bonchev–Trinajstić information content (AvgIpc) is 3.48. The van der Waals surface area contributed by atoms with Gasteiger partial charge >= 0.3 is 0 Å². The van der Waals surface area contributed by atoms with Crippen molar-refractivity contribution in [2.24, 2.45) is 5.73 Å². The average molecular weight is 447 g/mol. The minimum Gasteiger partial charge on any atom is -0.379 e. The van der Waals surface area contributed by atoms with Crippen molar-refractivity contribution in [1.29, 1.82) is 0 Å². The second-order valence-corrected chi connectivity index (χ2v) is 8.48. The fourth-order valence-corrected chi connectivity index (χ4v) is 4.37. The number of nitrogen functional groups attached to an aromatic ring is 1. The van der Waals surface area contributed by atoms with Crippen LogP contribution in [0, 0.1) is 0 Å². The lowest BCUT2D eigenvalue weighted by atomic mass is 10.0. The Balaban J connectivity index is 1.34. The SMILES string of the molecule is NCCCc1cc(C2=CCc3ncc(-c4cnn(CCN5CCOCC5)c4)cc32)nc(N)n1. The van der Waals surface area contributed by atoms with Crippen LogP contribution in [0.25, 0.3) is 16.7 Å². The molecule has 0 saturated carbocycles. The van der Waals surface area contributed by atoms with Crippen molar-refractivity contribution in [3.63, 3.8) is 0 Å². The molecule has 0 amide bonds. The Bertz CT molecular complexity index is 1150. The van der Waals surface area contributed by atoms with Crippen molar-refractivity contribution in [3.05, 3.63) is 59.4 Å². The normalized spacial score (nSPS) is 16.1. The Labute approximate surface area is 193 Å². The van der Waals surface area contributed by atoms with Crippen molar-refractivity contribution in [2.45, 2.75) is 25.8 Å². The van der Waals surface area contributed by atoms with Crippen LogP contribution >= 0.6 is 0 Å². The fourth-order valence-electron chi connectivity index (χ4n) is 4.37. The highest BCUT2D eigenvalue weighted by molar-refractivity contribution is 5.84. The molecule has 4 N–H and O–H groups in total. The van der Waals surface area contributed by atoms with E-state index in [1.165, 1.54) is 0 Å². The number of rotatable bonds is 8. The number of nitrogens with zero attached hydrogens (tertiary/aromatic N) is 6.